The van der Waals surface area contributed by atoms with Crippen molar-refractivity contribution in [3.8, 4) is 0 Å². The molecule has 1 saturated carbocycles. The van der Waals surface area contributed by atoms with Crippen molar-refractivity contribution < 1.29 is 0 Å². The molecule has 100 valence electrons. The summed E-state index contributed by atoms with van der Waals surface area (Å²) in [6, 6.07) is 1.66. The number of rotatable bonds is 3. The predicted octanol–water partition coefficient (Wildman–Crippen LogP) is 3.03. The van der Waals surface area contributed by atoms with Gasteiger partial charge in [-0.25, -0.2) is 0 Å². The zero-order valence-corrected chi connectivity index (χ0v) is 12.0. The number of nitrogens with zero attached hydrogens (tertiary/aromatic N) is 1. The van der Waals surface area contributed by atoms with Crippen LogP contribution in [0.1, 0.15) is 59.3 Å². The Morgan fingerprint density at radius 2 is 1.82 bits per heavy atom. The summed E-state index contributed by atoms with van der Waals surface area (Å²) >= 11 is 0. The van der Waals surface area contributed by atoms with Crippen molar-refractivity contribution in [1.82, 2.24) is 10.2 Å². The average molecular weight is 238 g/mol. The summed E-state index contributed by atoms with van der Waals surface area (Å²) in [5, 5.41) is 3.56. The Balaban J connectivity index is 1.89. The Morgan fingerprint density at radius 3 is 2.35 bits per heavy atom. The summed E-state index contributed by atoms with van der Waals surface area (Å²) in [6.45, 7) is 10.9. The van der Waals surface area contributed by atoms with E-state index in [1.807, 2.05) is 0 Å². The molecular weight excluding hydrogens is 208 g/mol. The van der Waals surface area contributed by atoms with Gasteiger partial charge < -0.3 is 5.32 Å². The van der Waals surface area contributed by atoms with Gasteiger partial charge in [-0.05, 0) is 57.0 Å². The maximum Gasteiger partial charge on any atom is 0.0223 e. The molecule has 2 nitrogen and oxygen atoms in total. The fraction of sp³-hybridized carbons (Fsp3) is 1.00. The molecule has 0 aromatic rings. The molecule has 0 aromatic carbocycles. The first kappa shape index (κ1) is 13.4. The average Bonchev–Trinajstić information content (AvgIpc) is 2.33. The largest absolute Gasteiger partial charge is 0.315 e. The number of hydrogen-bond donors (Lipinski definition) is 1. The standard InChI is InChI=1S/C15H30N2/c1-4-17(14-6-5-11-16-12-14)13-7-9-15(2,3)10-8-13/h13-14,16H,4-12H2,1-3H3. The summed E-state index contributed by atoms with van der Waals surface area (Å²) in [6.07, 6.45) is 8.41. The number of piperidine rings is 1. The first-order chi connectivity index (χ1) is 8.12. The van der Waals surface area contributed by atoms with Crippen LogP contribution in [0.4, 0.5) is 0 Å². The van der Waals surface area contributed by atoms with Crippen molar-refractivity contribution >= 4 is 0 Å². The number of hydrogen-bond acceptors (Lipinski definition) is 2. The van der Waals surface area contributed by atoms with Gasteiger partial charge in [0.25, 0.3) is 0 Å². The lowest BCUT2D eigenvalue weighted by Crippen LogP contribution is -2.51. The van der Waals surface area contributed by atoms with Crippen molar-refractivity contribution in [2.75, 3.05) is 19.6 Å². The van der Waals surface area contributed by atoms with Crippen molar-refractivity contribution in [1.29, 1.82) is 0 Å². The minimum Gasteiger partial charge on any atom is -0.315 e. The van der Waals surface area contributed by atoms with Gasteiger partial charge in [-0.1, -0.05) is 20.8 Å². The fourth-order valence-corrected chi connectivity index (χ4v) is 3.65. The topological polar surface area (TPSA) is 15.3 Å². The third kappa shape index (κ3) is 3.45. The molecule has 2 aliphatic rings. The maximum absolute atomic E-state index is 3.56. The molecular formula is C15H30N2. The van der Waals surface area contributed by atoms with Crippen molar-refractivity contribution in [3.05, 3.63) is 0 Å². The van der Waals surface area contributed by atoms with Crippen molar-refractivity contribution in [2.45, 2.75) is 71.4 Å². The van der Waals surface area contributed by atoms with Gasteiger partial charge >= 0.3 is 0 Å². The van der Waals surface area contributed by atoms with Crippen LogP contribution in [0.2, 0.25) is 0 Å². The summed E-state index contributed by atoms with van der Waals surface area (Å²) in [5.74, 6) is 0. The second-order valence-corrected chi connectivity index (χ2v) is 6.73. The van der Waals surface area contributed by atoms with Gasteiger partial charge in [0.2, 0.25) is 0 Å². The number of nitrogens with one attached hydrogen (secondary N) is 1. The van der Waals surface area contributed by atoms with Crippen molar-refractivity contribution in [3.63, 3.8) is 0 Å². The Hall–Kier alpha value is -0.0800. The maximum atomic E-state index is 3.56. The first-order valence-corrected chi connectivity index (χ1v) is 7.59. The summed E-state index contributed by atoms with van der Waals surface area (Å²) in [4.78, 5) is 2.79. The van der Waals surface area contributed by atoms with Crippen molar-refractivity contribution in [2.24, 2.45) is 5.41 Å². The molecule has 1 aliphatic carbocycles. The third-order valence-electron chi connectivity index (χ3n) is 4.88. The monoisotopic (exact) mass is 238 g/mol. The normalized spacial score (nSPS) is 30.7. The Kier molecular flexibility index (Phi) is 4.48. The minimum absolute atomic E-state index is 0.598. The highest BCUT2D eigenvalue weighted by Gasteiger charge is 2.32. The van der Waals surface area contributed by atoms with E-state index in [2.05, 4.69) is 31.0 Å². The van der Waals surface area contributed by atoms with Crippen LogP contribution >= 0.6 is 0 Å². The molecule has 17 heavy (non-hydrogen) atoms. The van der Waals surface area contributed by atoms with E-state index in [-0.39, 0.29) is 0 Å². The van der Waals surface area contributed by atoms with Gasteiger partial charge in [0.15, 0.2) is 0 Å². The lowest BCUT2D eigenvalue weighted by atomic mass is 9.75. The summed E-state index contributed by atoms with van der Waals surface area (Å²) < 4.78 is 0. The molecule has 0 aromatic heterocycles. The second kappa shape index (κ2) is 5.71. The summed E-state index contributed by atoms with van der Waals surface area (Å²) in [5.41, 5.74) is 0.598. The fourth-order valence-electron chi connectivity index (χ4n) is 3.65. The van der Waals surface area contributed by atoms with Crippen LogP contribution in [-0.4, -0.2) is 36.6 Å². The molecule has 1 atom stereocenters. The van der Waals surface area contributed by atoms with Gasteiger partial charge in [0.1, 0.15) is 0 Å². The molecule has 1 unspecified atom stereocenters. The van der Waals surface area contributed by atoms with E-state index in [0.29, 0.717) is 5.41 Å². The molecule has 2 fully saturated rings. The van der Waals surface area contributed by atoms with Gasteiger partial charge in [0, 0.05) is 18.6 Å². The second-order valence-electron chi connectivity index (χ2n) is 6.73. The van der Waals surface area contributed by atoms with E-state index in [9.17, 15) is 0 Å². The van der Waals surface area contributed by atoms with E-state index in [1.165, 1.54) is 58.2 Å². The highest BCUT2D eigenvalue weighted by molar-refractivity contribution is 4.88. The molecule has 1 heterocycles. The lowest BCUT2D eigenvalue weighted by Gasteiger charge is -2.44. The zero-order chi connectivity index (χ0) is 12.3. The van der Waals surface area contributed by atoms with E-state index in [0.717, 1.165) is 12.1 Å². The Morgan fingerprint density at radius 1 is 1.12 bits per heavy atom. The van der Waals surface area contributed by atoms with Crippen LogP contribution < -0.4 is 5.32 Å². The third-order valence-corrected chi connectivity index (χ3v) is 4.88. The predicted molar refractivity (Wildman–Crippen MR) is 74.3 cm³/mol. The van der Waals surface area contributed by atoms with Crippen LogP contribution in [0, 0.1) is 5.41 Å². The zero-order valence-electron chi connectivity index (χ0n) is 12.0. The lowest BCUT2D eigenvalue weighted by molar-refractivity contribution is 0.0649. The molecule has 0 spiro atoms. The van der Waals surface area contributed by atoms with Gasteiger partial charge in [-0.2, -0.15) is 0 Å². The molecule has 0 radical (unpaired) electrons. The van der Waals surface area contributed by atoms with E-state index in [4.69, 9.17) is 0 Å². The SMILES string of the molecule is CCN(C1CCC(C)(C)CC1)C1CCCNC1. The molecule has 0 bridgehead atoms. The van der Waals surface area contributed by atoms with Crippen LogP contribution in [0.5, 0.6) is 0 Å². The van der Waals surface area contributed by atoms with E-state index >= 15 is 0 Å². The molecule has 2 rings (SSSR count). The Bertz CT molecular complexity index is 221. The number of likely N-dealkylation sites (N-methyl/N-ethyl adjacent to an activating group) is 1. The molecule has 1 aliphatic heterocycles. The molecule has 1 N–H and O–H groups in total. The van der Waals surface area contributed by atoms with Crippen LogP contribution in [-0.2, 0) is 0 Å². The van der Waals surface area contributed by atoms with E-state index in [1.54, 1.807) is 0 Å². The van der Waals surface area contributed by atoms with E-state index < -0.39 is 0 Å². The highest BCUT2D eigenvalue weighted by Crippen LogP contribution is 2.37. The first-order valence-electron chi connectivity index (χ1n) is 7.59. The van der Waals surface area contributed by atoms with Gasteiger partial charge in [0.05, 0.1) is 0 Å². The molecule has 0 amide bonds. The molecule has 1 saturated heterocycles. The summed E-state index contributed by atoms with van der Waals surface area (Å²) in [7, 11) is 0. The van der Waals surface area contributed by atoms with Crippen LogP contribution in [0.15, 0.2) is 0 Å². The highest BCUT2D eigenvalue weighted by atomic mass is 15.2. The van der Waals surface area contributed by atoms with Gasteiger partial charge in [-0.3, -0.25) is 4.90 Å². The smallest absolute Gasteiger partial charge is 0.0223 e. The van der Waals surface area contributed by atoms with Crippen LogP contribution in [0.25, 0.3) is 0 Å². The van der Waals surface area contributed by atoms with Gasteiger partial charge in [-0.15, -0.1) is 0 Å². The molecule has 2 heteroatoms. The Labute approximate surface area is 107 Å². The quantitative estimate of drug-likeness (QED) is 0.813. The van der Waals surface area contributed by atoms with Crippen LogP contribution in [0.3, 0.4) is 0 Å². The minimum atomic E-state index is 0.598.